The van der Waals surface area contributed by atoms with Crippen molar-refractivity contribution in [1.82, 2.24) is 4.98 Å². The summed E-state index contributed by atoms with van der Waals surface area (Å²) in [4.78, 5) is 15.8. The number of carbonyl (C=O) groups is 1. The van der Waals surface area contributed by atoms with E-state index >= 15 is 0 Å². The molecule has 17 heavy (non-hydrogen) atoms. The molecule has 0 spiro atoms. The zero-order valence-electron chi connectivity index (χ0n) is 8.96. The molecule has 4 heteroatoms. The molecule has 2 N–H and O–H groups in total. The van der Waals surface area contributed by atoms with E-state index in [2.05, 4.69) is 4.98 Å². The predicted octanol–water partition coefficient (Wildman–Crippen LogP) is 1.80. The van der Waals surface area contributed by atoms with Crippen molar-refractivity contribution < 1.29 is 9.53 Å². The first-order valence-electron chi connectivity index (χ1n) is 5.28. The Kier molecular flexibility index (Phi) is 2.08. The van der Waals surface area contributed by atoms with Crippen LogP contribution in [-0.2, 0) is 4.79 Å². The standard InChI is InChI=1S/C13H10N2O2/c14-13(16)11-8-4-1-2-5-9(8)17-10-6-3-7-15-12(10)11/h1-7,11H,(H2,14,16). The maximum absolute atomic E-state index is 11.6. The number of para-hydroxylation sites is 1. The van der Waals surface area contributed by atoms with E-state index in [0.717, 1.165) is 5.56 Å². The summed E-state index contributed by atoms with van der Waals surface area (Å²) in [5.74, 6) is 0.309. The summed E-state index contributed by atoms with van der Waals surface area (Å²) < 4.78 is 5.69. The van der Waals surface area contributed by atoms with E-state index in [-0.39, 0.29) is 0 Å². The lowest BCUT2D eigenvalue weighted by atomic mass is 9.91. The molecular formula is C13H10N2O2. The molecule has 2 heterocycles. The Morgan fingerprint density at radius 2 is 1.94 bits per heavy atom. The van der Waals surface area contributed by atoms with Crippen molar-refractivity contribution in [2.24, 2.45) is 5.73 Å². The molecule has 0 radical (unpaired) electrons. The van der Waals surface area contributed by atoms with Crippen LogP contribution >= 0.6 is 0 Å². The largest absolute Gasteiger partial charge is 0.455 e. The molecule has 1 aliphatic rings. The minimum absolute atomic E-state index is 0.416. The van der Waals surface area contributed by atoms with Gasteiger partial charge in [0.15, 0.2) is 0 Å². The van der Waals surface area contributed by atoms with Gasteiger partial charge in [0.1, 0.15) is 17.4 Å². The fraction of sp³-hybridized carbons (Fsp3) is 0.0769. The third-order valence-corrected chi connectivity index (χ3v) is 2.81. The van der Waals surface area contributed by atoms with E-state index in [1.807, 2.05) is 24.3 Å². The Hall–Kier alpha value is -2.36. The molecule has 0 bridgehead atoms. The van der Waals surface area contributed by atoms with Crippen molar-refractivity contribution in [2.75, 3.05) is 0 Å². The van der Waals surface area contributed by atoms with Crippen LogP contribution in [0, 0.1) is 0 Å². The first-order chi connectivity index (χ1) is 8.27. The van der Waals surface area contributed by atoms with E-state index < -0.39 is 11.8 Å². The maximum Gasteiger partial charge on any atom is 0.231 e. The van der Waals surface area contributed by atoms with Crippen LogP contribution < -0.4 is 10.5 Å². The number of amides is 1. The Balaban J connectivity index is 2.24. The summed E-state index contributed by atoms with van der Waals surface area (Å²) in [5, 5.41) is 0. The Morgan fingerprint density at radius 3 is 2.76 bits per heavy atom. The van der Waals surface area contributed by atoms with Crippen LogP contribution in [0.5, 0.6) is 11.5 Å². The topological polar surface area (TPSA) is 65.2 Å². The van der Waals surface area contributed by atoms with Gasteiger partial charge < -0.3 is 10.5 Å². The van der Waals surface area contributed by atoms with Crippen molar-refractivity contribution in [3.63, 3.8) is 0 Å². The number of hydrogen-bond donors (Lipinski definition) is 1. The zero-order chi connectivity index (χ0) is 11.8. The van der Waals surface area contributed by atoms with Crippen molar-refractivity contribution in [3.8, 4) is 11.5 Å². The molecule has 0 fully saturated rings. The second kappa shape index (κ2) is 3.59. The van der Waals surface area contributed by atoms with Crippen molar-refractivity contribution >= 4 is 5.91 Å². The number of aromatic nitrogens is 1. The Morgan fingerprint density at radius 1 is 1.18 bits per heavy atom. The average Bonchev–Trinajstić information content (AvgIpc) is 2.35. The van der Waals surface area contributed by atoms with E-state index in [0.29, 0.717) is 17.2 Å². The Labute approximate surface area is 98.0 Å². The fourth-order valence-corrected chi connectivity index (χ4v) is 2.07. The van der Waals surface area contributed by atoms with Gasteiger partial charge in [-0.15, -0.1) is 0 Å². The summed E-state index contributed by atoms with van der Waals surface area (Å²) in [7, 11) is 0. The van der Waals surface area contributed by atoms with Gasteiger partial charge in [-0.1, -0.05) is 18.2 Å². The molecule has 0 saturated carbocycles. The van der Waals surface area contributed by atoms with Gasteiger partial charge in [-0.3, -0.25) is 9.78 Å². The van der Waals surface area contributed by atoms with Gasteiger partial charge in [-0.25, -0.2) is 0 Å². The number of pyridine rings is 1. The lowest BCUT2D eigenvalue weighted by Crippen LogP contribution is -2.26. The molecule has 0 saturated heterocycles. The number of rotatable bonds is 1. The van der Waals surface area contributed by atoms with E-state index in [1.165, 1.54) is 0 Å². The minimum Gasteiger partial charge on any atom is -0.455 e. The normalized spacial score (nSPS) is 16.6. The van der Waals surface area contributed by atoms with Crippen LogP contribution in [0.3, 0.4) is 0 Å². The zero-order valence-corrected chi connectivity index (χ0v) is 8.96. The maximum atomic E-state index is 11.6. The fourth-order valence-electron chi connectivity index (χ4n) is 2.07. The van der Waals surface area contributed by atoms with Gasteiger partial charge in [0, 0.05) is 11.8 Å². The second-order valence-corrected chi connectivity index (χ2v) is 3.86. The SMILES string of the molecule is NC(=O)C1c2ccccc2Oc2cccnc21. The van der Waals surface area contributed by atoms with E-state index in [4.69, 9.17) is 10.5 Å². The van der Waals surface area contributed by atoms with Gasteiger partial charge >= 0.3 is 0 Å². The molecular weight excluding hydrogens is 216 g/mol. The molecule has 4 nitrogen and oxygen atoms in total. The molecule has 84 valence electrons. The van der Waals surface area contributed by atoms with Crippen LogP contribution in [0.1, 0.15) is 17.2 Å². The highest BCUT2D eigenvalue weighted by Gasteiger charge is 2.31. The third kappa shape index (κ3) is 1.45. The number of nitrogens with zero attached hydrogens (tertiary/aromatic N) is 1. The van der Waals surface area contributed by atoms with Gasteiger partial charge in [-0.05, 0) is 18.2 Å². The monoisotopic (exact) mass is 226 g/mol. The molecule has 3 rings (SSSR count). The van der Waals surface area contributed by atoms with Gasteiger partial charge in [0.05, 0.1) is 5.69 Å². The molecule has 0 aliphatic carbocycles. The minimum atomic E-state index is -0.531. The van der Waals surface area contributed by atoms with Gasteiger partial charge in [0.2, 0.25) is 5.91 Å². The number of carbonyl (C=O) groups excluding carboxylic acids is 1. The van der Waals surface area contributed by atoms with Crippen molar-refractivity contribution in [2.45, 2.75) is 5.92 Å². The number of benzene rings is 1. The summed E-state index contributed by atoms with van der Waals surface area (Å²) in [6.45, 7) is 0. The average molecular weight is 226 g/mol. The second-order valence-electron chi connectivity index (χ2n) is 3.86. The molecule has 1 unspecified atom stereocenters. The molecule has 1 atom stereocenters. The van der Waals surface area contributed by atoms with Crippen LogP contribution in [-0.4, -0.2) is 10.9 Å². The van der Waals surface area contributed by atoms with Crippen molar-refractivity contribution in [1.29, 1.82) is 0 Å². The highest BCUT2D eigenvalue weighted by molar-refractivity contribution is 5.87. The quantitative estimate of drug-likeness (QED) is 0.806. The van der Waals surface area contributed by atoms with Crippen molar-refractivity contribution in [3.05, 3.63) is 53.9 Å². The van der Waals surface area contributed by atoms with E-state index in [9.17, 15) is 4.79 Å². The number of primary amides is 1. The van der Waals surface area contributed by atoms with Crippen LogP contribution in [0.15, 0.2) is 42.6 Å². The number of fused-ring (bicyclic) bond motifs is 2. The van der Waals surface area contributed by atoms with Crippen LogP contribution in [0.2, 0.25) is 0 Å². The first kappa shape index (κ1) is 9.84. The lowest BCUT2D eigenvalue weighted by Gasteiger charge is -2.24. The predicted molar refractivity (Wildman–Crippen MR) is 61.8 cm³/mol. The van der Waals surface area contributed by atoms with Crippen LogP contribution in [0.25, 0.3) is 0 Å². The lowest BCUT2D eigenvalue weighted by molar-refractivity contribution is -0.118. The highest BCUT2D eigenvalue weighted by Crippen LogP contribution is 2.42. The number of ether oxygens (including phenoxy) is 1. The Bertz CT molecular complexity index is 550. The molecule has 2 aromatic rings. The summed E-state index contributed by atoms with van der Waals surface area (Å²) in [6, 6.07) is 10.9. The van der Waals surface area contributed by atoms with Gasteiger partial charge in [-0.2, -0.15) is 0 Å². The molecule has 1 aliphatic heterocycles. The van der Waals surface area contributed by atoms with E-state index in [1.54, 1.807) is 18.3 Å². The van der Waals surface area contributed by atoms with Gasteiger partial charge in [0.25, 0.3) is 0 Å². The molecule has 1 aromatic heterocycles. The summed E-state index contributed by atoms with van der Waals surface area (Å²) in [6.07, 6.45) is 1.63. The summed E-state index contributed by atoms with van der Waals surface area (Å²) in [5.41, 5.74) is 6.81. The molecule has 1 amide bonds. The number of nitrogens with two attached hydrogens (primary N) is 1. The number of hydrogen-bond acceptors (Lipinski definition) is 3. The highest BCUT2D eigenvalue weighted by atomic mass is 16.5. The molecule has 1 aromatic carbocycles. The first-order valence-corrected chi connectivity index (χ1v) is 5.28. The smallest absolute Gasteiger partial charge is 0.231 e. The summed E-state index contributed by atoms with van der Waals surface area (Å²) >= 11 is 0. The van der Waals surface area contributed by atoms with Crippen LogP contribution in [0.4, 0.5) is 0 Å². The third-order valence-electron chi connectivity index (χ3n) is 2.81.